The molecule has 9 heteroatoms. The van der Waals surface area contributed by atoms with Crippen LogP contribution in [0.4, 0.5) is 15.9 Å². The van der Waals surface area contributed by atoms with Gasteiger partial charge in [-0.1, -0.05) is 13.8 Å². The van der Waals surface area contributed by atoms with Gasteiger partial charge >= 0.3 is 0 Å². The van der Waals surface area contributed by atoms with Crippen molar-refractivity contribution in [2.45, 2.75) is 39.3 Å². The van der Waals surface area contributed by atoms with E-state index in [1.54, 1.807) is 35.5 Å². The normalized spacial score (nSPS) is 16.2. The van der Waals surface area contributed by atoms with Crippen LogP contribution in [0, 0.1) is 5.95 Å². The van der Waals surface area contributed by atoms with Gasteiger partial charge in [0.1, 0.15) is 15.7 Å². The minimum absolute atomic E-state index is 0.145. The van der Waals surface area contributed by atoms with E-state index in [1.807, 2.05) is 24.8 Å². The number of aliphatic hydroxyl groups excluding tert-OH is 1. The lowest BCUT2D eigenvalue weighted by atomic mass is 10.1. The quantitative estimate of drug-likeness (QED) is 0.621. The Balaban J connectivity index is 0.00000112. The van der Waals surface area contributed by atoms with E-state index in [0.29, 0.717) is 65.1 Å². The maximum Gasteiger partial charge on any atom is 0.270 e. The number of fused-ring (bicyclic) bond motifs is 1. The van der Waals surface area contributed by atoms with Crippen molar-refractivity contribution in [3.8, 4) is 10.6 Å². The van der Waals surface area contributed by atoms with Gasteiger partial charge in [-0.05, 0) is 37.1 Å². The van der Waals surface area contributed by atoms with Crippen LogP contribution in [0.3, 0.4) is 0 Å². The second-order valence-electron chi connectivity index (χ2n) is 7.12. The standard InChI is InChI=1S/C20H18FN5O2S.C2H6/c21-18-14(3-4-16(24-18)25-8-5-13(27)6-9-25)19-23-15-11-26(20(28)17(15)29-19)12-2-1-7-22-10-12;1-2/h1-4,7,10,13,27H,5-6,8-9,11H2;1-2H3. The third-order valence-electron chi connectivity index (χ3n) is 5.26. The summed E-state index contributed by atoms with van der Waals surface area (Å²) in [7, 11) is 0. The Morgan fingerprint density at radius 3 is 2.58 bits per heavy atom. The Kier molecular flexibility index (Phi) is 6.24. The zero-order valence-corrected chi connectivity index (χ0v) is 18.3. The number of amides is 1. The van der Waals surface area contributed by atoms with Gasteiger partial charge in [-0.2, -0.15) is 4.39 Å². The topological polar surface area (TPSA) is 82.5 Å². The van der Waals surface area contributed by atoms with Gasteiger partial charge in [0.25, 0.3) is 5.91 Å². The van der Waals surface area contributed by atoms with E-state index in [1.165, 1.54) is 11.3 Å². The molecule has 5 heterocycles. The summed E-state index contributed by atoms with van der Waals surface area (Å²) in [5.41, 5.74) is 1.66. The third-order valence-corrected chi connectivity index (χ3v) is 6.37. The van der Waals surface area contributed by atoms with Crippen LogP contribution in [0.1, 0.15) is 42.1 Å². The van der Waals surface area contributed by atoms with Crippen molar-refractivity contribution >= 4 is 28.7 Å². The van der Waals surface area contributed by atoms with Crippen LogP contribution in [0.5, 0.6) is 0 Å². The van der Waals surface area contributed by atoms with Gasteiger partial charge < -0.3 is 10.0 Å². The number of rotatable bonds is 3. The van der Waals surface area contributed by atoms with Crippen LogP contribution in [-0.2, 0) is 6.54 Å². The second kappa shape index (κ2) is 9.07. The number of hydrogen-bond donors (Lipinski definition) is 1. The Morgan fingerprint density at radius 2 is 1.94 bits per heavy atom. The van der Waals surface area contributed by atoms with Crippen LogP contribution >= 0.6 is 11.3 Å². The smallest absolute Gasteiger partial charge is 0.270 e. The minimum atomic E-state index is -0.599. The summed E-state index contributed by atoms with van der Waals surface area (Å²) >= 11 is 1.19. The first kappa shape index (κ1) is 21.3. The SMILES string of the molecule is CC.O=C1c2sc(-c3ccc(N4CCC(O)CC4)nc3F)nc2CN1c1cccnc1. The number of anilines is 2. The first-order chi connectivity index (χ1) is 15.1. The van der Waals surface area contributed by atoms with Crippen LogP contribution in [0.15, 0.2) is 36.7 Å². The number of hydrogen-bond acceptors (Lipinski definition) is 7. The molecular weight excluding hydrogens is 417 g/mol. The Hall–Kier alpha value is -2.91. The fourth-order valence-electron chi connectivity index (χ4n) is 3.66. The van der Waals surface area contributed by atoms with Crippen molar-refractivity contribution in [1.82, 2.24) is 15.0 Å². The molecule has 31 heavy (non-hydrogen) atoms. The number of carbonyl (C=O) groups is 1. The summed E-state index contributed by atoms with van der Waals surface area (Å²) in [5, 5.41) is 10.1. The average molecular weight is 442 g/mol. The van der Waals surface area contributed by atoms with E-state index >= 15 is 0 Å². The molecule has 2 aliphatic rings. The lowest BCUT2D eigenvalue weighted by molar-refractivity contribution is 0.1000. The summed E-state index contributed by atoms with van der Waals surface area (Å²) in [6, 6.07) is 7.04. The summed E-state index contributed by atoms with van der Waals surface area (Å²) < 4.78 is 14.7. The molecule has 1 saturated heterocycles. The number of piperidine rings is 1. The number of halogens is 1. The number of nitrogens with zero attached hydrogens (tertiary/aromatic N) is 5. The van der Waals surface area contributed by atoms with Gasteiger partial charge in [0.2, 0.25) is 5.95 Å². The van der Waals surface area contributed by atoms with Crippen LogP contribution < -0.4 is 9.80 Å². The highest BCUT2D eigenvalue weighted by Gasteiger charge is 2.33. The van der Waals surface area contributed by atoms with Crippen molar-refractivity contribution in [2.24, 2.45) is 0 Å². The molecule has 0 aliphatic carbocycles. The van der Waals surface area contributed by atoms with E-state index in [-0.39, 0.29) is 12.0 Å². The van der Waals surface area contributed by atoms with Gasteiger partial charge in [0.05, 0.1) is 35.8 Å². The molecule has 0 unspecified atom stereocenters. The molecule has 1 amide bonds. The second-order valence-corrected chi connectivity index (χ2v) is 8.12. The number of pyridine rings is 2. The molecule has 5 rings (SSSR count). The van der Waals surface area contributed by atoms with E-state index in [4.69, 9.17) is 0 Å². The lowest BCUT2D eigenvalue weighted by Gasteiger charge is -2.30. The largest absolute Gasteiger partial charge is 0.393 e. The fourth-order valence-corrected chi connectivity index (χ4v) is 4.70. The van der Waals surface area contributed by atoms with Crippen LogP contribution in [0.2, 0.25) is 0 Å². The molecule has 0 bridgehead atoms. The Labute approximate surface area is 184 Å². The van der Waals surface area contributed by atoms with E-state index < -0.39 is 5.95 Å². The predicted molar refractivity (Wildman–Crippen MR) is 119 cm³/mol. The molecule has 162 valence electrons. The van der Waals surface area contributed by atoms with Crippen molar-refractivity contribution in [3.05, 3.63) is 53.2 Å². The molecule has 0 spiro atoms. The highest BCUT2D eigenvalue weighted by Crippen LogP contribution is 2.36. The number of thiazole rings is 1. The lowest BCUT2D eigenvalue weighted by Crippen LogP contribution is -2.36. The van der Waals surface area contributed by atoms with E-state index in [9.17, 15) is 14.3 Å². The van der Waals surface area contributed by atoms with Gasteiger partial charge in [0, 0.05) is 19.3 Å². The maximum absolute atomic E-state index is 14.7. The molecule has 3 aromatic rings. The Morgan fingerprint density at radius 1 is 1.16 bits per heavy atom. The molecule has 0 atom stereocenters. The third kappa shape index (κ3) is 4.15. The zero-order valence-electron chi connectivity index (χ0n) is 17.5. The first-order valence-corrected chi connectivity index (χ1v) is 11.2. The maximum atomic E-state index is 14.7. The van der Waals surface area contributed by atoms with Crippen molar-refractivity contribution in [1.29, 1.82) is 0 Å². The van der Waals surface area contributed by atoms with E-state index in [2.05, 4.69) is 15.0 Å². The number of carbonyl (C=O) groups excluding carboxylic acids is 1. The predicted octanol–water partition coefficient (Wildman–Crippen LogP) is 3.89. The zero-order chi connectivity index (χ0) is 22.0. The molecule has 1 N–H and O–H groups in total. The van der Waals surface area contributed by atoms with Crippen molar-refractivity contribution in [2.75, 3.05) is 22.9 Å². The average Bonchev–Trinajstić information content (AvgIpc) is 3.35. The highest BCUT2D eigenvalue weighted by atomic mass is 32.1. The summed E-state index contributed by atoms with van der Waals surface area (Å²) in [5.74, 6) is -0.188. The molecule has 0 saturated carbocycles. The molecule has 0 aromatic carbocycles. The Bertz CT molecular complexity index is 1070. The van der Waals surface area contributed by atoms with Gasteiger partial charge in [0.15, 0.2) is 0 Å². The molecular formula is C22H24FN5O2S. The highest BCUT2D eigenvalue weighted by molar-refractivity contribution is 7.17. The van der Waals surface area contributed by atoms with Gasteiger partial charge in [-0.15, -0.1) is 11.3 Å². The first-order valence-electron chi connectivity index (χ1n) is 10.4. The number of aromatic nitrogens is 3. The molecule has 2 aliphatic heterocycles. The van der Waals surface area contributed by atoms with Crippen LogP contribution in [-0.4, -0.2) is 45.2 Å². The van der Waals surface area contributed by atoms with Crippen LogP contribution in [0.25, 0.3) is 10.6 Å². The van der Waals surface area contributed by atoms with Gasteiger partial charge in [-0.25, -0.2) is 9.97 Å². The minimum Gasteiger partial charge on any atom is -0.393 e. The van der Waals surface area contributed by atoms with Crippen molar-refractivity contribution < 1.29 is 14.3 Å². The summed E-state index contributed by atoms with van der Waals surface area (Å²) in [6.45, 7) is 5.65. The molecule has 7 nitrogen and oxygen atoms in total. The van der Waals surface area contributed by atoms with Crippen molar-refractivity contribution in [3.63, 3.8) is 0 Å². The molecule has 1 fully saturated rings. The summed E-state index contributed by atoms with van der Waals surface area (Å²) in [6.07, 6.45) is 4.30. The monoisotopic (exact) mass is 441 g/mol. The summed E-state index contributed by atoms with van der Waals surface area (Å²) in [4.78, 5) is 29.5. The fraction of sp³-hybridized carbons (Fsp3) is 0.364. The number of aliphatic hydroxyl groups is 1. The molecule has 0 radical (unpaired) electrons. The molecule has 3 aromatic heterocycles. The van der Waals surface area contributed by atoms with E-state index in [0.717, 1.165) is 0 Å². The van der Waals surface area contributed by atoms with Gasteiger partial charge in [-0.3, -0.25) is 14.7 Å².